The molecule has 1 unspecified atom stereocenters. The lowest BCUT2D eigenvalue weighted by molar-refractivity contribution is 0.0976. The van der Waals surface area contributed by atoms with Crippen LogP contribution in [0.3, 0.4) is 0 Å². The Labute approximate surface area is 171 Å². The first-order chi connectivity index (χ1) is 13.6. The topological polar surface area (TPSA) is 38.3 Å². The minimum Gasteiger partial charge on any atom is -0.497 e. The number of methoxy groups -OCH3 is 1. The molecule has 0 fully saturated rings. The normalized spacial score (nSPS) is 11.7. The van der Waals surface area contributed by atoms with Crippen molar-refractivity contribution in [1.82, 2.24) is 0 Å². The molecule has 0 bridgehead atoms. The number of hydrogen-bond donors (Lipinski definition) is 1. The van der Waals surface area contributed by atoms with Crippen LogP contribution >= 0.6 is 11.6 Å². The van der Waals surface area contributed by atoms with E-state index in [4.69, 9.17) is 16.3 Å². The van der Waals surface area contributed by atoms with Crippen molar-refractivity contribution in [2.45, 2.75) is 25.8 Å². The van der Waals surface area contributed by atoms with Gasteiger partial charge in [-0.05, 0) is 66.1 Å². The summed E-state index contributed by atoms with van der Waals surface area (Å²) in [5.41, 5.74) is 3.95. The predicted octanol–water partition coefficient (Wildman–Crippen LogP) is 6.34. The third kappa shape index (κ3) is 5.14. The van der Waals surface area contributed by atoms with E-state index >= 15 is 0 Å². The Morgan fingerprint density at radius 1 is 0.964 bits per heavy atom. The van der Waals surface area contributed by atoms with Gasteiger partial charge in [0.25, 0.3) is 0 Å². The Balaban J connectivity index is 1.82. The van der Waals surface area contributed by atoms with Gasteiger partial charge in [-0.2, -0.15) is 0 Å². The maximum absolute atomic E-state index is 12.9. The minimum atomic E-state index is -0.153. The molecule has 0 radical (unpaired) electrons. The van der Waals surface area contributed by atoms with Crippen molar-refractivity contribution in [2.75, 3.05) is 12.4 Å². The van der Waals surface area contributed by atoms with E-state index in [9.17, 15) is 4.79 Å². The van der Waals surface area contributed by atoms with Crippen molar-refractivity contribution < 1.29 is 9.53 Å². The molecule has 3 nitrogen and oxygen atoms in total. The van der Waals surface area contributed by atoms with Crippen molar-refractivity contribution in [1.29, 1.82) is 0 Å². The molecule has 0 saturated heterocycles. The van der Waals surface area contributed by atoms with Gasteiger partial charge < -0.3 is 10.1 Å². The first-order valence-electron chi connectivity index (χ1n) is 9.37. The van der Waals surface area contributed by atoms with Gasteiger partial charge in [0.15, 0.2) is 5.78 Å². The molecule has 1 atom stereocenters. The average Bonchev–Trinajstić information content (AvgIpc) is 2.74. The summed E-state index contributed by atoms with van der Waals surface area (Å²) in [6, 6.07) is 23.0. The van der Waals surface area contributed by atoms with E-state index in [1.165, 1.54) is 5.56 Å². The van der Waals surface area contributed by atoms with Crippen LogP contribution in [0.15, 0.2) is 72.8 Å². The van der Waals surface area contributed by atoms with Crippen molar-refractivity contribution in [3.8, 4) is 5.75 Å². The molecule has 0 aliphatic heterocycles. The number of rotatable bonds is 8. The molecule has 144 valence electrons. The third-order valence-electron chi connectivity index (χ3n) is 4.78. The summed E-state index contributed by atoms with van der Waals surface area (Å²) in [6.45, 7) is 2.13. The quantitative estimate of drug-likeness (QED) is 0.454. The second-order valence-electron chi connectivity index (χ2n) is 6.65. The molecule has 3 rings (SSSR count). The van der Waals surface area contributed by atoms with Gasteiger partial charge in [-0.1, -0.05) is 42.8 Å². The number of nitrogens with one attached hydrogen (secondary N) is 1. The first kappa shape index (κ1) is 20.0. The maximum atomic E-state index is 12.9. The number of carbonyl (C=O) groups excluding carboxylic acids is 1. The van der Waals surface area contributed by atoms with Crippen LogP contribution in [0.1, 0.15) is 40.9 Å². The van der Waals surface area contributed by atoms with Gasteiger partial charge in [0.05, 0.1) is 13.2 Å². The van der Waals surface area contributed by atoms with Crippen LogP contribution in [0.5, 0.6) is 5.75 Å². The van der Waals surface area contributed by atoms with E-state index in [0.717, 1.165) is 23.4 Å². The van der Waals surface area contributed by atoms with Crippen molar-refractivity contribution >= 4 is 23.1 Å². The second-order valence-corrected chi connectivity index (χ2v) is 7.09. The van der Waals surface area contributed by atoms with Crippen LogP contribution in [0.4, 0.5) is 5.69 Å². The largest absolute Gasteiger partial charge is 0.497 e. The number of hydrogen-bond acceptors (Lipinski definition) is 3. The smallest absolute Gasteiger partial charge is 0.165 e. The van der Waals surface area contributed by atoms with Crippen molar-refractivity contribution in [3.05, 3.63) is 94.5 Å². The summed E-state index contributed by atoms with van der Waals surface area (Å²) in [7, 11) is 1.61. The van der Waals surface area contributed by atoms with Crippen LogP contribution < -0.4 is 10.1 Å². The highest BCUT2D eigenvalue weighted by atomic mass is 35.5. The molecular formula is C24H24ClNO2. The molecule has 3 aromatic carbocycles. The van der Waals surface area contributed by atoms with Crippen molar-refractivity contribution in [3.63, 3.8) is 0 Å². The van der Waals surface area contributed by atoms with Crippen LogP contribution in [0, 0.1) is 0 Å². The Morgan fingerprint density at radius 3 is 2.18 bits per heavy atom. The summed E-state index contributed by atoms with van der Waals surface area (Å²) < 4.78 is 5.17. The molecule has 4 heteroatoms. The zero-order valence-corrected chi connectivity index (χ0v) is 16.9. The van der Waals surface area contributed by atoms with Gasteiger partial charge in [-0.25, -0.2) is 0 Å². The third-order valence-corrected chi connectivity index (χ3v) is 5.03. The zero-order valence-electron chi connectivity index (χ0n) is 16.1. The summed E-state index contributed by atoms with van der Waals surface area (Å²) in [4.78, 5) is 12.9. The SMILES string of the molecule is CCc1ccc(NC(CC(=O)c2ccc(OC)cc2)c2ccc(Cl)cc2)cc1. The molecule has 0 aliphatic carbocycles. The summed E-state index contributed by atoms with van der Waals surface area (Å²) in [5, 5.41) is 4.18. The maximum Gasteiger partial charge on any atom is 0.165 e. The highest BCUT2D eigenvalue weighted by Gasteiger charge is 2.17. The van der Waals surface area contributed by atoms with Gasteiger partial charge in [-0.15, -0.1) is 0 Å². The van der Waals surface area contributed by atoms with Gasteiger partial charge in [0.1, 0.15) is 5.75 Å². The number of ether oxygens (including phenoxy) is 1. The number of ketones is 1. The van der Waals surface area contributed by atoms with Gasteiger partial charge in [0, 0.05) is 22.7 Å². The van der Waals surface area contributed by atoms with Crippen LogP contribution in [-0.4, -0.2) is 12.9 Å². The lowest BCUT2D eigenvalue weighted by Gasteiger charge is -2.20. The van der Waals surface area contributed by atoms with E-state index in [1.54, 1.807) is 31.4 Å². The Morgan fingerprint density at radius 2 is 1.61 bits per heavy atom. The second kappa shape index (κ2) is 9.43. The number of carbonyl (C=O) groups is 1. The summed E-state index contributed by atoms with van der Waals surface area (Å²) in [5.74, 6) is 0.806. The van der Waals surface area contributed by atoms with Crippen LogP contribution in [-0.2, 0) is 6.42 Å². The van der Waals surface area contributed by atoms with Gasteiger partial charge >= 0.3 is 0 Å². The monoisotopic (exact) mass is 393 g/mol. The Hall–Kier alpha value is -2.78. The Kier molecular flexibility index (Phi) is 6.72. The molecule has 3 aromatic rings. The average molecular weight is 394 g/mol. The van der Waals surface area contributed by atoms with Crippen LogP contribution in [0.2, 0.25) is 5.02 Å². The van der Waals surface area contributed by atoms with Gasteiger partial charge in [0.2, 0.25) is 0 Å². The standard InChI is InChI=1S/C24H24ClNO2/c1-3-17-4-12-21(13-5-17)26-23(18-6-10-20(25)11-7-18)16-24(27)19-8-14-22(28-2)15-9-19/h4-15,23,26H,3,16H2,1-2H3. The van der Waals surface area contributed by atoms with E-state index in [2.05, 4.69) is 36.5 Å². The van der Waals surface area contributed by atoms with E-state index in [0.29, 0.717) is 17.0 Å². The molecule has 0 aromatic heterocycles. The Bertz CT molecular complexity index is 903. The highest BCUT2D eigenvalue weighted by Crippen LogP contribution is 2.26. The fourth-order valence-corrected chi connectivity index (χ4v) is 3.19. The number of halogens is 1. The van der Waals surface area contributed by atoms with E-state index < -0.39 is 0 Å². The van der Waals surface area contributed by atoms with Crippen LogP contribution in [0.25, 0.3) is 0 Å². The fraction of sp³-hybridized carbons (Fsp3) is 0.208. The van der Waals surface area contributed by atoms with Gasteiger partial charge in [-0.3, -0.25) is 4.79 Å². The van der Waals surface area contributed by atoms with Crippen molar-refractivity contribution in [2.24, 2.45) is 0 Å². The molecule has 0 aliphatic rings. The molecular weight excluding hydrogens is 370 g/mol. The molecule has 0 amide bonds. The summed E-state index contributed by atoms with van der Waals surface area (Å²) >= 11 is 6.04. The number of Topliss-reactive ketones (excluding diaryl/α,β-unsaturated/α-hetero) is 1. The molecule has 1 N–H and O–H groups in total. The predicted molar refractivity (Wildman–Crippen MR) is 116 cm³/mol. The number of anilines is 1. The molecule has 0 heterocycles. The lowest BCUT2D eigenvalue weighted by Crippen LogP contribution is -2.16. The minimum absolute atomic E-state index is 0.0697. The molecule has 0 saturated carbocycles. The molecule has 0 spiro atoms. The first-order valence-corrected chi connectivity index (χ1v) is 9.75. The molecule has 28 heavy (non-hydrogen) atoms. The number of aryl methyl sites for hydroxylation is 1. The van der Waals surface area contributed by atoms with E-state index in [1.807, 2.05) is 24.3 Å². The zero-order chi connectivity index (χ0) is 19.9. The highest BCUT2D eigenvalue weighted by molar-refractivity contribution is 6.30. The van der Waals surface area contributed by atoms with E-state index in [-0.39, 0.29) is 11.8 Å². The fourth-order valence-electron chi connectivity index (χ4n) is 3.07. The summed E-state index contributed by atoms with van der Waals surface area (Å²) in [6.07, 6.45) is 1.33. The number of benzene rings is 3. The lowest BCUT2D eigenvalue weighted by atomic mass is 9.97.